The molecular weight excluding hydrogens is 358 g/mol. The molecule has 3 saturated heterocycles. The van der Waals surface area contributed by atoms with Gasteiger partial charge >= 0.3 is 6.03 Å². The van der Waals surface area contributed by atoms with Crippen molar-refractivity contribution in [3.8, 4) is 0 Å². The van der Waals surface area contributed by atoms with Crippen LogP contribution in [0.5, 0.6) is 0 Å². The molecule has 28 heavy (non-hydrogen) atoms. The van der Waals surface area contributed by atoms with Crippen LogP contribution in [-0.4, -0.2) is 74.0 Å². The highest BCUT2D eigenvalue weighted by molar-refractivity contribution is 6.08. The second-order valence-corrected chi connectivity index (χ2v) is 8.64. The molecule has 4 rings (SSSR count). The van der Waals surface area contributed by atoms with Gasteiger partial charge in [-0.3, -0.25) is 5.32 Å². The normalized spacial score (nSPS) is 28.2. The number of carbonyl (C=O) groups is 1. The molecule has 0 spiro atoms. The number of fused-ring (bicyclic) bond motifs is 1. The third-order valence-corrected chi connectivity index (χ3v) is 6.37. The van der Waals surface area contributed by atoms with Gasteiger partial charge in [-0.2, -0.15) is 0 Å². The summed E-state index contributed by atoms with van der Waals surface area (Å²) in [4.78, 5) is 19.7. The Morgan fingerprint density at radius 2 is 1.89 bits per heavy atom. The van der Waals surface area contributed by atoms with Crippen molar-refractivity contribution < 1.29 is 14.3 Å². The summed E-state index contributed by atoms with van der Waals surface area (Å²) in [6, 6.07) is 0.405. The number of ether oxygens (including phenoxy) is 2. The molecule has 4 aliphatic rings. The lowest BCUT2D eigenvalue weighted by atomic mass is 9.94. The van der Waals surface area contributed by atoms with Gasteiger partial charge in [0.1, 0.15) is 0 Å². The number of aliphatic imine (C=N–C) groups is 1. The molecule has 4 aliphatic heterocycles. The van der Waals surface area contributed by atoms with Gasteiger partial charge in [-0.15, -0.1) is 0 Å². The van der Waals surface area contributed by atoms with E-state index in [-0.39, 0.29) is 17.9 Å². The summed E-state index contributed by atoms with van der Waals surface area (Å²) in [7, 11) is 0. The van der Waals surface area contributed by atoms with Gasteiger partial charge in [0.2, 0.25) is 0 Å². The highest BCUT2D eigenvalue weighted by atomic mass is 16.5. The Bertz CT molecular complexity index is 636. The van der Waals surface area contributed by atoms with Crippen molar-refractivity contribution in [2.24, 2.45) is 10.9 Å². The SMILES string of the molecule is CC1(C)C2=CNC(NC3CCOCC3)N=C2CN1C(=O)NCC1CCOCC1. The molecule has 3 fully saturated rings. The van der Waals surface area contributed by atoms with E-state index < -0.39 is 0 Å². The zero-order valence-electron chi connectivity index (χ0n) is 17.0. The quantitative estimate of drug-likeness (QED) is 0.670. The maximum atomic E-state index is 12.9. The van der Waals surface area contributed by atoms with E-state index in [2.05, 4.69) is 29.8 Å². The van der Waals surface area contributed by atoms with Crippen LogP contribution in [0, 0.1) is 5.92 Å². The molecule has 0 saturated carbocycles. The Morgan fingerprint density at radius 3 is 2.61 bits per heavy atom. The second kappa shape index (κ2) is 8.39. The standard InChI is InChI=1S/C20H33N5O3/c1-20(2)16-12-21-18(23-15-5-9-28-10-6-15)24-17(16)13-25(20)19(26)22-11-14-3-7-27-8-4-14/h12,14-15,18,21,23H,3-11,13H2,1-2H3,(H,22,26). The molecule has 8 nitrogen and oxygen atoms in total. The van der Waals surface area contributed by atoms with Crippen molar-refractivity contribution in [2.75, 3.05) is 39.5 Å². The number of hydrogen-bond acceptors (Lipinski definition) is 6. The van der Waals surface area contributed by atoms with Crippen LogP contribution in [0.1, 0.15) is 39.5 Å². The summed E-state index contributed by atoms with van der Waals surface area (Å²) in [6.07, 6.45) is 5.95. The molecule has 4 heterocycles. The van der Waals surface area contributed by atoms with Crippen molar-refractivity contribution >= 4 is 11.7 Å². The fourth-order valence-corrected chi connectivity index (χ4v) is 4.43. The van der Waals surface area contributed by atoms with Crippen LogP contribution in [-0.2, 0) is 9.47 Å². The average molecular weight is 392 g/mol. The summed E-state index contributed by atoms with van der Waals surface area (Å²) < 4.78 is 10.8. The summed E-state index contributed by atoms with van der Waals surface area (Å²) >= 11 is 0. The van der Waals surface area contributed by atoms with Gasteiger partial charge < -0.3 is 25.0 Å². The molecule has 0 radical (unpaired) electrons. The monoisotopic (exact) mass is 391 g/mol. The maximum Gasteiger partial charge on any atom is 0.318 e. The number of amides is 2. The Kier molecular flexibility index (Phi) is 5.89. The first kappa shape index (κ1) is 19.7. The maximum absolute atomic E-state index is 12.9. The predicted molar refractivity (Wildman–Crippen MR) is 107 cm³/mol. The molecule has 0 aromatic rings. The first-order chi connectivity index (χ1) is 13.5. The minimum absolute atomic E-state index is 0.0107. The number of likely N-dealkylation sites (tertiary alicyclic amines) is 1. The van der Waals surface area contributed by atoms with Gasteiger partial charge in [0.15, 0.2) is 6.29 Å². The average Bonchev–Trinajstić information content (AvgIpc) is 2.98. The summed E-state index contributed by atoms with van der Waals surface area (Å²) in [6.45, 7) is 8.64. The minimum Gasteiger partial charge on any atom is -0.381 e. The van der Waals surface area contributed by atoms with Crippen LogP contribution >= 0.6 is 0 Å². The zero-order valence-corrected chi connectivity index (χ0v) is 17.0. The van der Waals surface area contributed by atoms with E-state index in [1.165, 1.54) is 0 Å². The predicted octanol–water partition coefficient (Wildman–Crippen LogP) is 1.20. The lowest BCUT2D eigenvalue weighted by Crippen LogP contribution is -2.50. The van der Waals surface area contributed by atoms with Gasteiger partial charge in [-0.1, -0.05) is 0 Å². The molecule has 1 atom stereocenters. The van der Waals surface area contributed by atoms with E-state index in [9.17, 15) is 4.79 Å². The number of nitrogens with one attached hydrogen (secondary N) is 3. The highest BCUT2D eigenvalue weighted by Crippen LogP contribution is 2.33. The van der Waals surface area contributed by atoms with E-state index in [1.807, 2.05) is 11.1 Å². The van der Waals surface area contributed by atoms with Gasteiger partial charge in [0, 0.05) is 50.8 Å². The first-order valence-corrected chi connectivity index (χ1v) is 10.5. The lowest BCUT2D eigenvalue weighted by Gasteiger charge is -2.33. The summed E-state index contributed by atoms with van der Waals surface area (Å²) in [5, 5.41) is 10.1. The van der Waals surface area contributed by atoms with Gasteiger partial charge in [0.05, 0.1) is 17.8 Å². The van der Waals surface area contributed by atoms with E-state index in [1.54, 1.807) is 0 Å². The third kappa shape index (κ3) is 4.18. The molecule has 0 aromatic carbocycles. The molecule has 0 aliphatic carbocycles. The Hall–Kier alpha value is -1.64. The van der Waals surface area contributed by atoms with E-state index >= 15 is 0 Å². The number of carbonyl (C=O) groups excluding carboxylic acids is 1. The lowest BCUT2D eigenvalue weighted by molar-refractivity contribution is 0.0661. The summed E-state index contributed by atoms with van der Waals surface area (Å²) in [5.74, 6) is 0.511. The molecule has 0 bridgehead atoms. The Morgan fingerprint density at radius 1 is 1.21 bits per heavy atom. The van der Waals surface area contributed by atoms with Crippen LogP contribution in [0.15, 0.2) is 16.8 Å². The van der Waals surface area contributed by atoms with Crippen LogP contribution in [0.4, 0.5) is 4.79 Å². The van der Waals surface area contributed by atoms with Crippen molar-refractivity contribution in [1.29, 1.82) is 0 Å². The van der Waals surface area contributed by atoms with Crippen molar-refractivity contribution in [2.45, 2.75) is 57.4 Å². The summed E-state index contributed by atoms with van der Waals surface area (Å²) in [5.41, 5.74) is 1.71. The first-order valence-electron chi connectivity index (χ1n) is 10.5. The van der Waals surface area contributed by atoms with Crippen molar-refractivity contribution in [1.82, 2.24) is 20.9 Å². The van der Waals surface area contributed by atoms with Gasteiger partial charge in [0.25, 0.3) is 0 Å². The van der Waals surface area contributed by atoms with Crippen LogP contribution in [0.25, 0.3) is 0 Å². The molecule has 0 aromatic heterocycles. The molecular formula is C20H33N5O3. The Labute approximate surface area is 167 Å². The van der Waals surface area contributed by atoms with E-state index in [0.717, 1.165) is 63.4 Å². The van der Waals surface area contributed by atoms with Crippen molar-refractivity contribution in [3.63, 3.8) is 0 Å². The number of hydrogen-bond donors (Lipinski definition) is 3. The molecule has 1 unspecified atom stereocenters. The van der Waals surface area contributed by atoms with Gasteiger partial charge in [-0.25, -0.2) is 9.79 Å². The number of urea groups is 1. The smallest absolute Gasteiger partial charge is 0.318 e. The molecule has 156 valence electrons. The van der Waals surface area contributed by atoms with E-state index in [4.69, 9.17) is 14.5 Å². The van der Waals surface area contributed by atoms with Crippen LogP contribution in [0.2, 0.25) is 0 Å². The molecule has 8 heteroatoms. The number of nitrogens with zero attached hydrogens (tertiary/aromatic N) is 2. The topological polar surface area (TPSA) is 87.2 Å². The second-order valence-electron chi connectivity index (χ2n) is 8.64. The van der Waals surface area contributed by atoms with Crippen LogP contribution in [0.3, 0.4) is 0 Å². The number of rotatable bonds is 4. The highest BCUT2D eigenvalue weighted by Gasteiger charge is 2.45. The minimum atomic E-state index is -0.380. The molecule has 2 amide bonds. The zero-order chi connectivity index (χ0) is 19.6. The van der Waals surface area contributed by atoms with E-state index in [0.29, 0.717) is 25.0 Å². The van der Waals surface area contributed by atoms with Crippen molar-refractivity contribution in [3.05, 3.63) is 11.8 Å². The van der Waals surface area contributed by atoms with Gasteiger partial charge in [-0.05, 0) is 45.4 Å². The largest absolute Gasteiger partial charge is 0.381 e. The Balaban J connectivity index is 1.36. The fourth-order valence-electron chi connectivity index (χ4n) is 4.43. The van der Waals surface area contributed by atoms with Crippen LogP contribution < -0.4 is 16.0 Å². The third-order valence-electron chi connectivity index (χ3n) is 6.37. The molecule has 3 N–H and O–H groups in total. The fraction of sp³-hybridized carbons (Fsp3) is 0.800.